The summed E-state index contributed by atoms with van der Waals surface area (Å²) >= 11 is 0. The van der Waals surface area contributed by atoms with Crippen LogP contribution in [-0.2, 0) is 25.6 Å². The molecule has 11 heteroatoms. The number of aliphatic carboxylic acids is 1. The third-order valence-corrected chi connectivity index (χ3v) is 5.84. The second-order valence-electron chi connectivity index (χ2n) is 8.78. The van der Waals surface area contributed by atoms with Gasteiger partial charge in [-0.2, -0.15) is 13.2 Å². The van der Waals surface area contributed by atoms with Crippen LogP contribution in [0.15, 0.2) is 24.3 Å². The Morgan fingerprint density at radius 1 is 1.26 bits per heavy atom. The number of likely N-dealkylation sites (N-methyl/N-ethyl adjacent to an activating group) is 1. The highest BCUT2D eigenvalue weighted by Crippen LogP contribution is 2.39. The minimum absolute atomic E-state index is 0.00435. The van der Waals surface area contributed by atoms with E-state index in [0.29, 0.717) is 12.5 Å². The number of benzene rings is 1. The summed E-state index contributed by atoms with van der Waals surface area (Å²) in [5.74, 6) is -1.18. The zero-order valence-corrected chi connectivity index (χ0v) is 19.8. The third-order valence-electron chi connectivity index (χ3n) is 5.84. The van der Waals surface area contributed by atoms with Crippen molar-refractivity contribution < 1.29 is 42.1 Å². The summed E-state index contributed by atoms with van der Waals surface area (Å²) < 4.78 is 48.9. The molecule has 1 unspecified atom stereocenters. The Bertz CT molecular complexity index is 812. The fourth-order valence-electron chi connectivity index (χ4n) is 4.09. The standard InChI is InChI=1S/C21H32N2O4.C2HF3O2/c1-22(2)20(24)14-26-10-8-17-9-11-27-21(12-17)15-23(16-21)13-18-6-4-5-7-19(18)25-3;3-2(4,5)1(6)7/h4-7,17H,8-16H2,1-3H3;(H,6,7). The summed E-state index contributed by atoms with van der Waals surface area (Å²) in [6.45, 7) is 4.49. The second kappa shape index (κ2) is 12.4. The lowest BCUT2D eigenvalue weighted by Crippen LogP contribution is -2.64. The van der Waals surface area contributed by atoms with Crippen molar-refractivity contribution in [1.82, 2.24) is 9.80 Å². The molecule has 1 amide bonds. The van der Waals surface area contributed by atoms with Gasteiger partial charge in [-0.05, 0) is 31.2 Å². The molecule has 1 spiro atoms. The van der Waals surface area contributed by atoms with Crippen LogP contribution in [0.3, 0.4) is 0 Å². The molecule has 2 heterocycles. The number of methoxy groups -OCH3 is 1. The SMILES string of the molecule is COc1ccccc1CN1CC2(CC(CCOCC(=O)N(C)C)CCO2)C1.O=C(O)C(F)(F)F. The van der Waals surface area contributed by atoms with Crippen molar-refractivity contribution in [2.24, 2.45) is 5.92 Å². The molecule has 0 aromatic heterocycles. The van der Waals surface area contributed by atoms with E-state index >= 15 is 0 Å². The average molecular weight is 491 g/mol. The van der Waals surface area contributed by atoms with E-state index in [1.54, 1.807) is 26.1 Å². The molecule has 34 heavy (non-hydrogen) atoms. The maximum Gasteiger partial charge on any atom is 0.490 e. The first-order chi connectivity index (χ1) is 16.0. The van der Waals surface area contributed by atoms with Crippen LogP contribution in [0.2, 0.25) is 0 Å². The predicted molar refractivity (Wildman–Crippen MR) is 117 cm³/mol. The average Bonchev–Trinajstić information content (AvgIpc) is 2.76. The number of hydrogen-bond acceptors (Lipinski definition) is 6. The van der Waals surface area contributed by atoms with Crippen molar-refractivity contribution >= 4 is 11.9 Å². The number of carboxylic acids is 1. The highest BCUT2D eigenvalue weighted by atomic mass is 19.4. The van der Waals surface area contributed by atoms with Gasteiger partial charge in [-0.15, -0.1) is 0 Å². The molecule has 1 aromatic rings. The monoisotopic (exact) mass is 490 g/mol. The summed E-state index contributed by atoms with van der Waals surface area (Å²) in [4.78, 5) is 24.4. The van der Waals surface area contributed by atoms with Gasteiger partial charge in [0.2, 0.25) is 5.91 Å². The predicted octanol–water partition coefficient (Wildman–Crippen LogP) is 2.80. The topological polar surface area (TPSA) is 88.5 Å². The Morgan fingerprint density at radius 2 is 1.91 bits per heavy atom. The number of rotatable bonds is 8. The molecule has 0 radical (unpaired) electrons. The van der Waals surface area contributed by atoms with E-state index in [1.165, 1.54) is 5.56 Å². The van der Waals surface area contributed by atoms with Crippen molar-refractivity contribution in [3.8, 4) is 5.75 Å². The van der Waals surface area contributed by atoms with Crippen LogP contribution in [0.1, 0.15) is 24.8 Å². The second-order valence-corrected chi connectivity index (χ2v) is 8.78. The van der Waals surface area contributed by atoms with Crippen LogP contribution in [0, 0.1) is 5.92 Å². The van der Waals surface area contributed by atoms with Gasteiger partial charge in [0.25, 0.3) is 0 Å². The van der Waals surface area contributed by atoms with Gasteiger partial charge in [-0.25, -0.2) is 4.79 Å². The molecule has 1 aromatic carbocycles. The zero-order valence-electron chi connectivity index (χ0n) is 19.8. The minimum atomic E-state index is -5.08. The normalized spacial score (nSPS) is 19.5. The van der Waals surface area contributed by atoms with Gasteiger partial charge in [0.1, 0.15) is 12.4 Å². The fourth-order valence-corrected chi connectivity index (χ4v) is 4.09. The number of ether oxygens (including phenoxy) is 3. The van der Waals surface area contributed by atoms with E-state index in [0.717, 1.165) is 51.3 Å². The summed E-state index contributed by atoms with van der Waals surface area (Å²) in [5, 5.41) is 7.12. The van der Waals surface area contributed by atoms with Crippen LogP contribution in [0.4, 0.5) is 13.2 Å². The van der Waals surface area contributed by atoms with Crippen LogP contribution < -0.4 is 4.74 Å². The number of carbonyl (C=O) groups excluding carboxylic acids is 1. The molecular formula is C23H33F3N2O6. The smallest absolute Gasteiger partial charge is 0.490 e. The molecule has 1 N–H and O–H groups in total. The number of alkyl halides is 3. The Balaban J connectivity index is 0.000000509. The first-order valence-corrected chi connectivity index (χ1v) is 11.0. The number of halogens is 3. The molecule has 3 rings (SSSR count). The third kappa shape index (κ3) is 8.44. The molecule has 192 valence electrons. The number of hydrogen-bond donors (Lipinski definition) is 1. The van der Waals surface area contributed by atoms with Gasteiger partial charge in [0.15, 0.2) is 0 Å². The molecule has 2 aliphatic rings. The van der Waals surface area contributed by atoms with E-state index in [2.05, 4.69) is 17.0 Å². The van der Waals surface area contributed by atoms with Gasteiger partial charge < -0.3 is 24.2 Å². The zero-order chi connectivity index (χ0) is 25.4. The van der Waals surface area contributed by atoms with E-state index in [1.807, 2.05) is 12.1 Å². The van der Waals surface area contributed by atoms with Gasteiger partial charge >= 0.3 is 12.1 Å². The Morgan fingerprint density at radius 3 is 2.50 bits per heavy atom. The van der Waals surface area contributed by atoms with Crippen LogP contribution >= 0.6 is 0 Å². The maximum absolute atomic E-state index is 11.6. The highest BCUT2D eigenvalue weighted by Gasteiger charge is 2.47. The molecule has 1 atom stereocenters. The molecular weight excluding hydrogens is 457 g/mol. The van der Waals surface area contributed by atoms with Gasteiger partial charge in [0.05, 0.1) is 12.7 Å². The number of carboxylic acid groups (broad SMARTS) is 1. The first-order valence-electron chi connectivity index (χ1n) is 11.0. The molecule has 8 nitrogen and oxygen atoms in total. The quantitative estimate of drug-likeness (QED) is 0.561. The summed E-state index contributed by atoms with van der Waals surface area (Å²) in [7, 11) is 5.22. The minimum Gasteiger partial charge on any atom is -0.496 e. The van der Waals surface area contributed by atoms with E-state index < -0.39 is 12.1 Å². The molecule has 2 fully saturated rings. The Kier molecular flexibility index (Phi) is 10.1. The lowest BCUT2D eigenvalue weighted by Gasteiger charge is -2.53. The molecule has 2 saturated heterocycles. The number of amides is 1. The molecule has 2 aliphatic heterocycles. The van der Waals surface area contributed by atoms with Crippen molar-refractivity contribution in [2.75, 3.05) is 54.1 Å². The summed E-state index contributed by atoms with van der Waals surface area (Å²) in [6.07, 6.45) is -1.92. The molecule has 0 saturated carbocycles. The maximum atomic E-state index is 11.6. The number of likely N-dealkylation sites (tertiary alicyclic amines) is 1. The lowest BCUT2D eigenvalue weighted by molar-refractivity contribution is -0.192. The highest BCUT2D eigenvalue weighted by molar-refractivity contribution is 5.76. The van der Waals surface area contributed by atoms with Crippen LogP contribution in [-0.4, -0.2) is 92.7 Å². The van der Waals surface area contributed by atoms with Crippen molar-refractivity contribution in [3.05, 3.63) is 29.8 Å². The van der Waals surface area contributed by atoms with E-state index in [-0.39, 0.29) is 18.1 Å². The lowest BCUT2D eigenvalue weighted by atomic mass is 9.79. The fraction of sp³-hybridized carbons (Fsp3) is 0.652. The van der Waals surface area contributed by atoms with Crippen molar-refractivity contribution in [2.45, 2.75) is 37.6 Å². The molecule has 0 aliphatic carbocycles. The van der Waals surface area contributed by atoms with Crippen molar-refractivity contribution in [1.29, 1.82) is 0 Å². The summed E-state index contributed by atoms with van der Waals surface area (Å²) in [5.41, 5.74) is 1.23. The molecule has 0 bridgehead atoms. The summed E-state index contributed by atoms with van der Waals surface area (Å²) in [6, 6.07) is 8.20. The van der Waals surface area contributed by atoms with Crippen LogP contribution in [0.25, 0.3) is 0 Å². The van der Waals surface area contributed by atoms with Gasteiger partial charge in [-0.1, -0.05) is 18.2 Å². The Hall–Kier alpha value is -2.37. The van der Waals surface area contributed by atoms with Crippen LogP contribution in [0.5, 0.6) is 5.75 Å². The number of carbonyl (C=O) groups is 2. The largest absolute Gasteiger partial charge is 0.496 e. The first kappa shape index (κ1) is 27.9. The van der Waals surface area contributed by atoms with E-state index in [4.69, 9.17) is 24.1 Å². The number of nitrogens with zero attached hydrogens (tertiary/aromatic N) is 2. The van der Waals surface area contributed by atoms with Gasteiger partial charge in [0, 0.05) is 52.5 Å². The van der Waals surface area contributed by atoms with E-state index in [9.17, 15) is 18.0 Å². The van der Waals surface area contributed by atoms with Gasteiger partial charge in [-0.3, -0.25) is 9.69 Å². The Labute approximate surface area is 197 Å². The van der Waals surface area contributed by atoms with Crippen molar-refractivity contribution in [3.63, 3.8) is 0 Å². The number of para-hydroxylation sites is 1.